The number of likely N-dealkylation sites (N-methyl/N-ethyl adjacent to an activating group) is 1. The molecule has 5 nitrogen and oxygen atoms in total. The lowest BCUT2D eigenvalue weighted by molar-refractivity contribution is 0.354. The molecular weight excluding hydrogens is 579 g/mol. The van der Waals surface area contributed by atoms with Crippen molar-refractivity contribution >= 4 is 68.2 Å². The number of hydrogen-bond donors (Lipinski definition) is 1. The highest BCUT2D eigenvalue weighted by Gasteiger charge is 2.31. The third-order valence-electron chi connectivity index (χ3n) is 6.81. The predicted octanol–water partition coefficient (Wildman–Crippen LogP) is 8.27. The number of fused-ring (bicyclic) bond motifs is 2. The maximum atomic E-state index is 11.3. The largest absolute Gasteiger partial charge is 0.358 e. The molecule has 0 amide bonds. The average Bonchev–Trinajstić information content (AvgIpc) is 3.28. The van der Waals surface area contributed by atoms with Crippen LogP contribution in [0.25, 0.3) is 0 Å². The van der Waals surface area contributed by atoms with Crippen molar-refractivity contribution in [1.29, 1.82) is 0 Å². The highest BCUT2D eigenvalue weighted by molar-refractivity contribution is 8.03. The fourth-order valence-corrected chi connectivity index (χ4v) is 8.44. The van der Waals surface area contributed by atoms with Gasteiger partial charge in [-0.05, 0) is 84.4 Å². The van der Waals surface area contributed by atoms with Gasteiger partial charge in [0.2, 0.25) is 0 Å². The Balaban J connectivity index is 1.44. The number of benzene rings is 2. The van der Waals surface area contributed by atoms with E-state index in [2.05, 4.69) is 55.0 Å². The topological polar surface area (TPSA) is 60.9 Å². The van der Waals surface area contributed by atoms with Gasteiger partial charge in [0.1, 0.15) is 0 Å². The number of nitrogens with zero attached hydrogens (tertiary/aromatic N) is 2. The molecule has 0 aromatic heterocycles. The lowest BCUT2D eigenvalue weighted by atomic mass is 9.75. The summed E-state index contributed by atoms with van der Waals surface area (Å²) in [7, 11) is -1.91. The molecule has 0 spiro atoms. The molecule has 38 heavy (non-hydrogen) atoms. The molecule has 1 N–H and O–H groups in total. The normalized spacial score (nSPS) is 22.7. The third kappa shape index (κ3) is 6.43. The van der Waals surface area contributed by atoms with Crippen molar-refractivity contribution in [3.8, 4) is 0 Å². The van der Waals surface area contributed by atoms with Crippen molar-refractivity contribution in [3.05, 3.63) is 80.8 Å². The van der Waals surface area contributed by atoms with Crippen LogP contribution < -0.4 is 9.80 Å². The van der Waals surface area contributed by atoms with Crippen molar-refractivity contribution in [2.45, 2.75) is 48.3 Å². The molecule has 2 aromatic rings. The second-order valence-corrected chi connectivity index (χ2v) is 15.4. The maximum absolute atomic E-state index is 11.3. The summed E-state index contributed by atoms with van der Waals surface area (Å²) in [5.41, 5.74) is 4.76. The first-order valence-corrected chi connectivity index (χ1v) is 16.5. The van der Waals surface area contributed by atoms with Gasteiger partial charge in [-0.2, -0.15) is 8.42 Å². The Bertz CT molecular complexity index is 1470. The Morgan fingerprint density at radius 2 is 1.76 bits per heavy atom. The number of rotatable bonds is 6. The molecule has 1 aliphatic carbocycles. The molecule has 0 radical (unpaired) electrons. The van der Waals surface area contributed by atoms with E-state index in [4.69, 9.17) is 23.2 Å². The minimum absolute atomic E-state index is 0.0974. The van der Waals surface area contributed by atoms with Crippen LogP contribution in [0, 0.1) is 5.41 Å². The Labute approximate surface area is 243 Å². The minimum atomic E-state index is -4.02. The van der Waals surface area contributed by atoms with Crippen LogP contribution in [-0.4, -0.2) is 37.7 Å². The zero-order valence-electron chi connectivity index (χ0n) is 21.4. The van der Waals surface area contributed by atoms with Gasteiger partial charge in [-0.1, -0.05) is 66.6 Å². The predicted molar refractivity (Wildman–Crippen MR) is 162 cm³/mol. The van der Waals surface area contributed by atoms with Crippen LogP contribution in [0.3, 0.4) is 0 Å². The Morgan fingerprint density at radius 1 is 1.08 bits per heavy atom. The summed E-state index contributed by atoms with van der Waals surface area (Å²) in [6, 6.07) is 11.8. The first-order valence-electron chi connectivity index (χ1n) is 12.4. The number of halogens is 2. The van der Waals surface area contributed by atoms with Gasteiger partial charge in [0, 0.05) is 33.4 Å². The molecule has 1 atom stereocenters. The van der Waals surface area contributed by atoms with Gasteiger partial charge in [0.05, 0.1) is 27.5 Å². The summed E-state index contributed by atoms with van der Waals surface area (Å²) in [5.74, 6) is -0.278. The van der Waals surface area contributed by atoms with Crippen LogP contribution in [-0.2, 0) is 10.1 Å². The van der Waals surface area contributed by atoms with Crippen molar-refractivity contribution in [3.63, 3.8) is 0 Å². The first kappa shape index (κ1) is 28.0. The molecule has 0 saturated heterocycles. The summed E-state index contributed by atoms with van der Waals surface area (Å²) in [4.78, 5) is 6.71. The monoisotopic (exact) mass is 608 g/mol. The Hall–Kier alpha value is -1.55. The van der Waals surface area contributed by atoms with Crippen molar-refractivity contribution in [2.75, 3.05) is 29.1 Å². The fourth-order valence-electron chi connectivity index (χ4n) is 5.22. The van der Waals surface area contributed by atoms with E-state index in [0.717, 1.165) is 39.2 Å². The molecule has 1 unspecified atom stereocenters. The van der Waals surface area contributed by atoms with Crippen LogP contribution in [0.4, 0.5) is 11.4 Å². The molecule has 0 saturated carbocycles. The van der Waals surface area contributed by atoms with E-state index >= 15 is 0 Å². The van der Waals surface area contributed by atoms with E-state index < -0.39 is 10.1 Å². The summed E-state index contributed by atoms with van der Waals surface area (Å²) in [5, 5.41) is 2.61. The van der Waals surface area contributed by atoms with Crippen molar-refractivity contribution in [2.24, 2.45) is 5.41 Å². The molecule has 202 valence electrons. The van der Waals surface area contributed by atoms with Crippen molar-refractivity contribution in [1.82, 2.24) is 0 Å². The van der Waals surface area contributed by atoms with Crippen LogP contribution in [0.5, 0.6) is 0 Å². The van der Waals surface area contributed by atoms with Gasteiger partial charge in [-0.15, -0.1) is 0 Å². The van der Waals surface area contributed by atoms with Gasteiger partial charge in [-0.3, -0.25) is 4.55 Å². The van der Waals surface area contributed by atoms with Gasteiger partial charge in [-0.25, -0.2) is 0 Å². The van der Waals surface area contributed by atoms with Crippen LogP contribution in [0.1, 0.15) is 33.1 Å². The first-order chi connectivity index (χ1) is 17.9. The summed E-state index contributed by atoms with van der Waals surface area (Å²) in [6.07, 6.45) is 9.12. The van der Waals surface area contributed by atoms with E-state index in [1.165, 1.54) is 16.0 Å². The lowest BCUT2D eigenvalue weighted by Crippen LogP contribution is -2.24. The molecule has 2 heterocycles. The smallest absolute Gasteiger partial charge is 0.264 e. The lowest BCUT2D eigenvalue weighted by Gasteiger charge is -2.32. The highest BCUT2D eigenvalue weighted by atomic mass is 35.5. The Kier molecular flexibility index (Phi) is 7.95. The molecule has 0 bridgehead atoms. The molecule has 2 aliphatic heterocycles. The van der Waals surface area contributed by atoms with Crippen LogP contribution in [0.15, 0.2) is 80.6 Å². The Morgan fingerprint density at radius 3 is 2.47 bits per heavy atom. The summed E-state index contributed by atoms with van der Waals surface area (Å²) < 4.78 is 31.9. The molecule has 5 rings (SSSR count). The van der Waals surface area contributed by atoms with Gasteiger partial charge in [0.15, 0.2) is 0 Å². The average molecular weight is 610 g/mol. The second kappa shape index (κ2) is 10.8. The molecular formula is C28H30Cl2N2O3S3. The maximum Gasteiger partial charge on any atom is 0.264 e. The number of allylic oxidation sites excluding steroid dienone is 4. The summed E-state index contributed by atoms with van der Waals surface area (Å²) >= 11 is 16.1. The van der Waals surface area contributed by atoms with Gasteiger partial charge >= 0.3 is 0 Å². The number of hydrogen-bond acceptors (Lipinski definition) is 6. The van der Waals surface area contributed by atoms with E-state index in [9.17, 15) is 13.0 Å². The zero-order chi connectivity index (χ0) is 27.2. The molecule has 0 fully saturated rings. The summed E-state index contributed by atoms with van der Waals surface area (Å²) in [6.45, 7) is 5.06. The van der Waals surface area contributed by atoms with E-state index in [1.54, 1.807) is 11.8 Å². The third-order valence-corrected chi connectivity index (χ3v) is 10.5. The fraction of sp³-hybridized carbons (Fsp3) is 0.357. The van der Waals surface area contributed by atoms with Crippen LogP contribution >= 0.6 is 46.7 Å². The number of anilines is 2. The van der Waals surface area contributed by atoms with E-state index in [0.29, 0.717) is 18.0 Å². The standard InChI is InChI=1S/C28H30Cl2N2O3S3/c1-28(2)16-18(12-26-31(3)22-14-20(29)5-7-24(22)36-26)11-19(17-28)13-27-32(9-4-10-38(33,34)35)23-15-21(30)6-8-25(23)37-27/h5-8,11-15,26H,4,9-10,16-17H2,1-3H3,(H,33,34,35). The molecule has 10 heteroatoms. The zero-order valence-corrected chi connectivity index (χ0v) is 25.4. The second-order valence-electron chi connectivity index (χ2n) is 10.7. The van der Waals surface area contributed by atoms with Crippen LogP contribution in [0.2, 0.25) is 10.0 Å². The van der Waals surface area contributed by atoms with Crippen molar-refractivity contribution < 1.29 is 13.0 Å². The van der Waals surface area contributed by atoms with Gasteiger partial charge < -0.3 is 9.80 Å². The SMILES string of the molecule is CN1c2cc(Cl)ccc2SC1C=C1C=C(C=C2Sc3ccc(Cl)cc3N2CCCS(=O)(=O)O)CC(C)(C)C1. The quantitative estimate of drug-likeness (QED) is 0.331. The van der Waals surface area contributed by atoms with E-state index in [-0.39, 0.29) is 16.5 Å². The highest BCUT2D eigenvalue weighted by Crippen LogP contribution is 2.49. The molecule has 2 aromatic carbocycles. The molecule has 3 aliphatic rings. The minimum Gasteiger partial charge on any atom is -0.358 e. The van der Waals surface area contributed by atoms with Gasteiger partial charge in [0.25, 0.3) is 10.1 Å². The van der Waals surface area contributed by atoms with E-state index in [1.807, 2.05) is 42.1 Å². The number of thioether (sulfide) groups is 2.